The predicted molar refractivity (Wildman–Crippen MR) is 127 cm³/mol. The zero-order chi connectivity index (χ0) is 28.5. The van der Waals surface area contributed by atoms with Gasteiger partial charge >= 0.3 is 22.4 Å². The van der Waals surface area contributed by atoms with Crippen LogP contribution in [0, 0.1) is 0 Å². The highest BCUT2D eigenvalue weighted by Gasteiger charge is 2.45. The molecule has 20 nitrogen and oxygen atoms in total. The van der Waals surface area contributed by atoms with Gasteiger partial charge in [-0.05, 0) is 11.8 Å². The summed E-state index contributed by atoms with van der Waals surface area (Å²) in [6.45, 7) is -7.00. The third-order valence-corrected chi connectivity index (χ3v) is 7.55. The molecule has 3 unspecified atom stereocenters. The molecule has 216 valence electrons. The highest BCUT2D eigenvalue weighted by Crippen LogP contribution is 2.47. The molecule has 0 aromatic carbocycles. The van der Waals surface area contributed by atoms with Crippen molar-refractivity contribution >= 4 is 51.3 Å². The van der Waals surface area contributed by atoms with Crippen LogP contribution in [-0.2, 0) is 48.3 Å². The number of aliphatic hydroxyl groups is 2. The number of fused-ring (bicyclic) bond motifs is 1. The second-order valence-electron chi connectivity index (χ2n) is 7.55. The SMILES string of the molecule is COP(=O)(O)OCC(COP(=O)(O)OC[C@H]1O[C@@H](n2cnc3c(=O)[nH]c(N)nc32)[C@H](O)[C@@H]1O)OP(O)(O)=S. The van der Waals surface area contributed by atoms with Crippen LogP contribution in [0.3, 0.4) is 0 Å². The van der Waals surface area contributed by atoms with Crippen LogP contribution in [0.15, 0.2) is 11.1 Å². The molecule has 0 saturated carbocycles. The third kappa shape index (κ3) is 8.15. The van der Waals surface area contributed by atoms with E-state index in [0.29, 0.717) is 0 Å². The number of nitrogens with one attached hydrogen (secondary N) is 1. The molecule has 24 heteroatoms. The normalized spacial score (nSPS) is 26.3. The molecule has 1 fully saturated rings. The second kappa shape index (κ2) is 12.1. The number of aromatic nitrogens is 4. The molecule has 3 heterocycles. The minimum atomic E-state index is -4.96. The van der Waals surface area contributed by atoms with Crippen LogP contribution >= 0.6 is 22.4 Å². The third-order valence-electron chi connectivity index (χ3n) is 4.83. The Bertz CT molecular complexity index is 1330. The van der Waals surface area contributed by atoms with Crippen molar-refractivity contribution in [3.8, 4) is 0 Å². The average molecular weight is 627 g/mol. The fourth-order valence-electron chi connectivity index (χ4n) is 3.14. The highest BCUT2D eigenvalue weighted by atomic mass is 32.5. The van der Waals surface area contributed by atoms with Crippen molar-refractivity contribution in [3.05, 3.63) is 16.7 Å². The summed E-state index contributed by atoms with van der Waals surface area (Å²) in [5, 5.41) is 20.8. The molecule has 7 atom stereocenters. The van der Waals surface area contributed by atoms with E-state index >= 15 is 0 Å². The maximum absolute atomic E-state index is 12.3. The van der Waals surface area contributed by atoms with Gasteiger partial charge in [-0.25, -0.2) is 14.1 Å². The van der Waals surface area contributed by atoms with Crippen LogP contribution in [0.2, 0.25) is 0 Å². The Morgan fingerprint density at radius 3 is 2.39 bits per heavy atom. The summed E-state index contributed by atoms with van der Waals surface area (Å²) >= 11 is 4.30. The van der Waals surface area contributed by atoms with Crippen molar-refractivity contribution in [3.63, 3.8) is 0 Å². The largest absolute Gasteiger partial charge is 0.472 e. The number of aromatic amines is 1. The van der Waals surface area contributed by atoms with Crippen molar-refractivity contribution in [2.45, 2.75) is 30.6 Å². The minimum Gasteiger partial charge on any atom is -0.387 e. The molecular formula is C14H24N5O15P3S. The van der Waals surface area contributed by atoms with Gasteiger partial charge in [0.05, 0.1) is 26.1 Å². The van der Waals surface area contributed by atoms with Gasteiger partial charge in [-0.1, -0.05) is 0 Å². The first-order valence-electron chi connectivity index (χ1n) is 10.1. The van der Waals surface area contributed by atoms with Crippen LogP contribution < -0.4 is 11.3 Å². The summed E-state index contributed by atoms with van der Waals surface area (Å²) in [7, 11) is -8.64. The van der Waals surface area contributed by atoms with E-state index in [9.17, 15) is 43.7 Å². The number of imidazole rings is 1. The Morgan fingerprint density at radius 2 is 1.79 bits per heavy atom. The van der Waals surface area contributed by atoms with Crippen molar-refractivity contribution in [2.24, 2.45) is 0 Å². The van der Waals surface area contributed by atoms with Gasteiger partial charge in [-0.2, -0.15) is 4.98 Å². The van der Waals surface area contributed by atoms with E-state index in [-0.39, 0.29) is 17.1 Å². The van der Waals surface area contributed by atoms with Gasteiger partial charge in [-0.15, -0.1) is 0 Å². The van der Waals surface area contributed by atoms with Gasteiger partial charge < -0.3 is 44.8 Å². The molecule has 1 aliphatic rings. The average Bonchev–Trinajstić information content (AvgIpc) is 3.35. The molecule has 0 aliphatic carbocycles. The number of H-pyrrole nitrogens is 1. The Balaban J connectivity index is 1.63. The number of nitrogens with zero attached hydrogens (tertiary/aromatic N) is 3. The number of ether oxygens (including phenoxy) is 1. The lowest BCUT2D eigenvalue weighted by atomic mass is 10.1. The molecule has 0 bridgehead atoms. The quantitative estimate of drug-likeness (QED) is 0.109. The number of hydrogen-bond donors (Lipinski definition) is 8. The molecule has 1 aliphatic heterocycles. The van der Waals surface area contributed by atoms with Crippen LogP contribution in [0.25, 0.3) is 11.2 Å². The number of rotatable bonds is 13. The molecule has 2 aromatic heterocycles. The number of hydrogen-bond acceptors (Lipinski definition) is 15. The molecule has 0 amide bonds. The molecule has 1 saturated heterocycles. The number of nitrogens with two attached hydrogens (primary N) is 1. The van der Waals surface area contributed by atoms with Crippen LogP contribution in [0.5, 0.6) is 0 Å². The van der Waals surface area contributed by atoms with Gasteiger partial charge in [0.2, 0.25) is 5.95 Å². The molecular weight excluding hydrogens is 603 g/mol. The highest BCUT2D eigenvalue weighted by molar-refractivity contribution is 8.06. The Morgan fingerprint density at radius 1 is 1.16 bits per heavy atom. The Hall–Kier alpha value is -1.22. The topological polar surface area (TPSA) is 300 Å². The summed E-state index contributed by atoms with van der Waals surface area (Å²) in [5.41, 5.74) is 4.68. The molecule has 0 radical (unpaired) electrons. The first-order chi connectivity index (χ1) is 17.5. The second-order valence-corrected chi connectivity index (χ2v) is 13.2. The van der Waals surface area contributed by atoms with E-state index in [1.54, 1.807) is 0 Å². The maximum atomic E-state index is 12.3. The first kappa shape index (κ1) is 31.3. The summed E-state index contributed by atoms with van der Waals surface area (Å²) < 4.78 is 53.2. The van der Waals surface area contributed by atoms with Gasteiger partial charge in [0, 0.05) is 7.11 Å². The minimum absolute atomic E-state index is 0.0668. The molecule has 2 aromatic rings. The maximum Gasteiger partial charge on any atom is 0.472 e. The molecule has 9 N–H and O–H groups in total. The predicted octanol–water partition coefficient (Wildman–Crippen LogP) is -2.19. The van der Waals surface area contributed by atoms with Crippen LogP contribution in [-0.4, -0.2) is 101 Å². The summed E-state index contributed by atoms with van der Waals surface area (Å²) in [5.74, 6) is -0.245. The lowest BCUT2D eigenvalue weighted by Crippen LogP contribution is -2.33. The monoisotopic (exact) mass is 627 g/mol. The van der Waals surface area contributed by atoms with E-state index in [1.165, 1.54) is 0 Å². The van der Waals surface area contributed by atoms with Crippen molar-refractivity contribution in [1.82, 2.24) is 19.5 Å². The summed E-state index contributed by atoms with van der Waals surface area (Å²) in [6.07, 6.45) is -6.53. The summed E-state index contributed by atoms with van der Waals surface area (Å²) in [6, 6.07) is 0. The number of phosphoric acid groups is 2. The Kier molecular flexibility index (Phi) is 9.98. The molecule has 0 spiro atoms. The molecule has 38 heavy (non-hydrogen) atoms. The van der Waals surface area contributed by atoms with Crippen molar-refractivity contribution < 1.29 is 66.3 Å². The zero-order valence-corrected chi connectivity index (χ0v) is 22.6. The van der Waals surface area contributed by atoms with Crippen molar-refractivity contribution in [1.29, 1.82) is 0 Å². The smallest absolute Gasteiger partial charge is 0.387 e. The van der Waals surface area contributed by atoms with E-state index in [0.717, 1.165) is 18.0 Å². The number of anilines is 1. The van der Waals surface area contributed by atoms with Gasteiger partial charge in [0.25, 0.3) is 5.56 Å². The lowest BCUT2D eigenvalue weighted by molar-refractivity contribution is -0.0524. The van der Waals surface area contributed by atoms with Crippen LogP contribution in [0.4, 0.5) is 5.95 Å². The Labute approximate surface area is 217 Å². The number of aliphatic hydroxyl groups excluding tert-OH is 2. The van der Waals surface area contributed by atoms with E-state index in [4.69, 9.17) is 15.0 Å². The van der Waals surface area contributed by atoms with E-state index in [2.05, 4.69) is 44.9 Å². The fraction of sp³-hybridized carbons (Fsp3) is 0.643. The zero-order valence-electron chi connectivity index (χ0n) is 19.1. The van der Waals surface area contributed by atoms with Crippen molar-refractivity contribution in [2.75, 3.05) is 32.7 Å². The van der Waals surface area contributed by atoms with Gasteiger partial charge in [0.15, 0.2) is 17.4 Å². The van der Waals surface area contributed by atoms with Crippen LogP contribution in [0.1, 0.15) is 6.23 Å². The van der Waals surface area contributed by atoms with E-state index < -0.39 is 78.4 Å². The number of phosphoric ester groups is 2. The van der Waals surface area contributed by atoms with Gasteiger partial charge in [-0.3, -0.25) is 32.4 Å². The van der Waals surface area contributed by atoms with E-state index in [1.807, 2.05) is 0 Å². The first-order valence-corrected chi connectivity index (χ1v) is 15.8. The summed E-state index contributed by atoms with van der Waals surface area (Å²) in [4.78, 5) is 59.9. The standard InChI is InChI=1S/C14H24N5O15P3S/c1-29-35(23,24)30-2-6(34-37(27,28)38)3-31-36(25,26)32-4-7-9(20)10(21)13(33-7)19-5-16-8-11(19)17-14(15)18-12(8)22/h5-7,9-10,13,20-21H,2-4H2,1H3,(H,23,24)(H,25,26)(H2,27,28,38)(H3,15,17,18,22)/t6?,7-,9-,10-,13-/m1/s1. The lowest BCUT2D eigenvalue weighted by Gasteiger charge is -2.22. The number of nitrogen functional groups attached to an aromatic ring is 1. The fourth-order valence-corrected chi connectivity index (χ4v) is 5.24. The molecule has 3 rings (SSSR count). The van der Waals surface area contributed by atoms with Gasteiger partial charge in [0.1, 0.15) is 24.4 Å².